The Balaban J connectivity index is 2.37. The molecule has 0 spiro atoms. The van der Waals surface area contributed by atoms with Crippen LogP contribution in [0.1, 0.15) is 18.1 Å². The molecule has 1 rings (SSSR count). The van der Waals surface area contributed by atoms with Crippen LogP contribution in [0.2, 0.25) is 0 Å². The summed E-state index contributed by atoms with van der Waals surface area (Å²) in [6.07, 6.45) is 0. The number of urea groups is 1. The smallest absolute Gasteiger partial charge is 0.319 e. The maximum Gasteiger partial charge on any atom is 0.319 e. The van der Waals surface area contributed by atoms with E-state index < -0.39 is 0 Å². The van der Waals surface area contributed by atoms with Gasteiger partial charge < -0.3 is 15.4 Å². The second-order valence-electron chi connectivity index (χ2n) is 3.88. The molecule has 0 aliphatic carbocycles. The molecule has 0 bridgehead atoms. The molecule has 0 aromatic heterocycles. The molecule has 4 nitrogen and oxygen atoms in total. The molecule has 4 heteroatoms. The molecule has 0 radical (unpaired) electrons. The summed E-state index contributed by atoms with van der Waals surface area (Å²) < 4.78 is 5.13. The minimum atomic E-state index is -0.201. The average Bonchev–Trinajstić information content (AvgIpc) is 2.30. The fourth-order valence-electron chi connectivity index (χ4n) is 1.38. The van der Waals surface area contributed by atoms with Crippen molar-refractivity contribution >= 4 is 11.7 Å². The first-order valence-corrected chi connectivity index (χ1v) is 5.83. The van der Waals surface area contributed by atoms with Gasteiger partial charge in [0.05, 0.1) is 6.61 Å². The molecular weight excluding hydrogens is 216 g/mol. The van der Waals surface area contributed by atoms with Crippen molar-refractivity contribution in [3.8, 4) is 0 Å². The van der Waals surface area contributed by atoms with Gasteiger partial charge in [-0.3, -0.25) is 0 Å². The number of rotatable bonds is 5. The predicted molar refractivity (Wildman–Crippen MR) is 69.4 cm³/mol. The Morgan fingerprint density at radius 3 is 2.71 bits per heavy atom. The van der Waals surface area contributed by atoms with Gasteiger partial charge in [-0.2, -0.15) is 0 Å². The van der Waals surface area contributed by atoms with Crippen molar-refractivity contribution in [2.75, 3.05) is 25.1 Å². The van der Waals surface area contributed by atoms with Gasteiger partial charge in [-0.25, -0.2) is 4.79 Å². The Hall–Kier alpha value is -1.55. The summed E-state index contributed by atoms with van der Waals surface area (Å²) in [5, 5.41) is 5.51. The van der Waals surface area contributed by atoms with Crippen LogP contribution in [0, 0.1) is 13.8 Å². The van der Waals surface area contributed by atoms with Crippen LogP contribution in [-0.2, 0) is 4.74 Å². The zero-order valence-corrected chi connectivity index (χ0v) is 10.7. The summed E-state index contributed by atoms with van der Waals surface area (Å²) in [7, 11) is 0. The zero-order valence-electron chi connectivity index (χ0n) is 10.7. The van der Waals surface area contributed by atoms with Crippen LogP contribution in [0.4, 0.5) is 10.5 Å². The molecule has 0 saturated heterocycles. The minimum Gasteiger partial charge on any atom is -0.380 e. The number of carbonyl (C=O) groups excluding carboxylic acids is 1. The van der Waals surface area contributed by atoms with E-state index in [0.717, 1.165) is 11.3 Å². The van der Waals surface area contributed by atoms with E-state index in [-0.39, 0.29) is 6.03 Å². The fraction of sp³-hybridized carbons (Fsp3) is 0.462. The largest absolute Gasteiger partial charge is 0.380 e. The van der Waals surface area contributed by atoms with Gasteiger partial charge in [0.1, 0.15) is 0 Å². The SMILES string of the molecule is CCOCCNC(=O)Nc1ccc(C)c(C)c1. The Labute approximate surface area is 102 Å². The summed E-state index contributed by atoms with van der Waals surface area (Å²) in [4.78, 5) is 11.5. The lowest BCUT2D eigenvalue weighted by Crippen LogP contribution is -2.31. The molecule has 0 heterocycles. The second kappa shape index (κ2) is 6.91. The van der Waals surface area contributed by atoms with Crippen molar-refractivity contribution in [1.82, 2.24) is 5.32 Å². The number of amides is 2. The Morgan fingerprint density at radius 2 is 2.06 bits per heavy atom. The van der Waals surface area contributed by atoms with Crippen LogP contribution >= 0.6 is 0 Å². The van der Waals surface area contributed by atoms with Gasteiger partial charge in [0.15, 0.2) is 0 Å². The van der Waals surface area contributed by atoms with Gasteiger partial charge >= 0.3 is 6.03 Å². The molecule has 2 N–H and O–H groups in total. The number of carbonyl (C=O) groups is 1. The molecule has 94 valence electrons. The van der Waals surface area contributed by atoms with E-state index in [1.807, 2.05) is 39.0 Å². The van der Waals surface area contributed by atoms with Crippen LogP contribution in [0.15, 0.2) is 18.2 Å². The Morgan fingerprint density at radius 1 is 1.29 bits per heavy atom. The number of anilines is 1. The average molecular weight is 236 g/mol. The number of aryl methyl sites for hydroxylation is 2. The summed E-state index contributed by atoms with van der Waals surface area (Å²) in [6.45, 7) is 7.71. The third-order valence-corrected chi connectivity index (χ3v) is 2.50. The monoisotopic (exact) mass is 236 g/mol. The number of ether oxygens (including phenoxy) is 1. The van der Waals surface area contributed by atoms with Gasteiger partial charge in [-0.05, 0) is 44.0 Å². The van der Waals surface area contributed by atoms with Gasteiger partial charge in [0.2, 0.25) is 0 Å². The van der Waals surface area contributed by atoms with Gasteiger partial charge in [-0.15, -0.1) is 0 Å². The van der Waals surface area contributed by atoms with E-state index in [0.29, 0.717) is 19.8 Å². The molecule has 0 aliphatic heterocycles. The van der Waals surface area contributed by atoms with E-state index in [2.05, 4.69) is 10.6 Å². The molecule has 1 aromatic rings. The topological polar surface area (TPSA) is 50.4 Å². The van der Waals surface area contributed by atoms with Crippen molar-refractivity contribution in [3.05, 3.63) is 29.3 Å². The predicted octanol–water partition coefficient (Wildman–Crippen LogP) is 2.46. The summed E-state index contributed by atoms with van der Waals surface area (Å²) in [5.41, 5.74) is 3.19. The number of nitrogens with one attached hydrogen (secondary N) is 2. The number of hydrogen-bond donors (Lipinski definition) is 2. The molecule has 0 aliphatic rings. The van der Waals surface area contributed by atoms with Crippen molar-refractivity contribution in [2.45, 2.75) is 20.8 Å². The molecule has 0 atom stereocenters. The Bertz CT molecular complexity index is 378. The molecule has 17 heavy (non-hydrogen) atoms. The first kappa shape index (κ1) is 13.5. The van der Waals surface area contributed by atoms with Gasteiger partial charge in [0, 0.05) is 18.8 Å². The maximum absolute atomic E-state index is 11.5. The lowest BCUT2D eigenvalue weighted by Gasteiger charge is -2.09. The lowest BCUT2D eigenvalue weighted by atomic mass is 10.1. The minimum absolute atomic E-state index is 0.201. The Kier molecular flexibility index (Phi) is 5.49. The molecule has 1 aromatic carbocycles. The van der Waals surface area contributed by atoms with Gasteiger partial charge in [0.25, 0.3) is 0 Å². The molecule has 0 saturated carbocycles. The van der Waals surface area contributed by atoms with Crippen LogP contribution in [0.5, 0.6) is 0 Å². The number of benzene rings is 1. The first-order valence-electron chi connectivity index (χ1n) is 5.83. The highest BCUT2D eigenvalue weighted by atomic mass is 16.5. The third kappa shape index (κ3) is 4.87. The highest BCUT2D eigenvalue weighted by molar-refractivity contribution is 5.89. The summed E-state index contributed by atoms with van der Waals surface area (Å²) >= 11 is 0. The van der Waals surface area contributed by atoms with E-state index >= 15 is 0 Å². The van der Waals surface area contributed by atoms with Crippen LogP contribution in [0.3, 0.4) is 0 Å². The van der Waals surface area contributed by atoms with Gasteiger partial charge in [-0.1, -0.05) is 6.07 Å². The number of hydrogen-bond acceptors (Lipinski definition) is 2. The van der Waals surface area contributed by atoms with Crippen LogP contribution < -0.4 is 10.6 Å². The fourth-order valence-corrected chi connectivity index (χ4v) is 1.38. The highest BCUT2D eigenvalue weighted by Gasteiger charge is 2.01. The van der Waals surface area contributed by atoms with E-state index in [9.17, 15) is 4.79 Å². The van der Waals surface area contributed by atoms with Crippen molar-refractivity contribution < 1.29 is 9.53 Å². The quantitative estimate of drug-likeness (QED) is 0.772. The maximum atomic E-state index is 11.5. The van der Waals surface area contributed by atoms with Crippen molar-refractivity contribution in [2.24, 2.45) is 0 Å². The van der Waals surface area contributed by atoms with Crippen molar-refractivity contribution in [1.29, 1.82) is 0 Å². The lowest BCUT2D eigenvalue weighted by molar-refractivity contribution is 0.150. The molecule has 2 amide bonds. The van der Waals surface area contributed by atoms with E-state index in [1.54, 1.807) is 0 Å². The third-order valence-electron chi connectivity index (χ3n) is 2.50. The summed E-state index contributed by atoms with van der Waals surface area (Å²) in [6, 6.07) is 5.64. The second-order valence-corrected chi connectivity index (χ2v) is 3.88. The molecular formula is C13H20N2O2. The highest BCUT2D eigenvalue weighted by Crippen LogP contribution is 2.13. The van der Waals surface area contributed by atoms with Crippen LogP contribution in [-0.4, -0.2) is 25.8 Å². The van der Waals surface area contributed by atoms with E-state index in [1.165, 1.54) is 5.56 Å². The molecule has 0 unspecified atom stereocenters. The standard InChI is InChI=1S/C13H20N2O2/c1-4-17-8-7-14-13(16)15-12-6-5-10(2)11(3)9-12/h5-6,9H,4,7-8H2,1-3H3,(H2,14,15,16). The normalized spacial score (nSPS) is 10.1. The van der Waals surface area contributed by atoms with Crippen molar-refractivity contribution in [3.63, 3.8) is 0 Å². The summed E-state index contributed by atoms with van der Waals surface area (Å²) in [5.74, 6) is 0. The molecule has 0 fully saturated rings. The first-order chi connectivity index (χ1) is 8.13. The van der Waals surface area contributed by atoms with E-state index in [4.69, 9.17) is 4.74 Å². The zero-order chi connectivity index (χ0) is 12.7. The van der Waals surface area contributed by atoms with Crippen LogP contribution in [0.25, 0.3) is 0 Å².